The van der Waals surface area contributed by atoms with Crippen LogP contribution < -0.4 is 4.72 Å². The Morgan fingerprint density at radius 2 is 2.00 bits per heavy atom. The van der Waals surface area contributed by atoms with Crippen molar-refractivity contribution in [3.8, 4) is 0 Å². The summed E-state index contributed by atoms with van der Waals surface area (Å²) in [6.07, 6.45) is 1.20. The zero-order chi connectivity index (χ0) is 14.3. The van der Waals surface area contributed by atoms with E-state index in [9.17, 15) is 8.42 Å². The smallest absolute Gasteiger partial charge is 0.273 e. The van der Waals surface area contributed by atoms with Gasteiger partial charge in [-0.2, -0.15) is 0 Å². The molecule has 1 N–H and O–H groups in total. The van der Waals surface area contributed by atoms with Crippen LogP contribution in [0.25, 0.3) is 10.2 Å². The Labute approximate surface area is 132 Å². The van der Waals surface area contributed by atoms with Crippen molar-refractivity contribution in [1.29, 1.82) is 0 Å². The van der Waals surface area contributed by atoms with Crippen LogP contribution in [-0.4, -0.2) is 18.4 Å². The van der Waals surface area contributed by atoms with E-state index < -0.39 is 10.0 Å². The van der Waals surface area contributed by atoms with Gasteiger partial charge in [0.25, 0.3) is 10.0 Å². The van der Waals surface area contributed by atoms with E-state index in [1.807, 2.05) is 0 Å². The lowest BCUT2D eigenvalue weighted by Crippen LogP contribution is -2.12. The Balaban J connectivity index is 2.09. The average molecular weight is 366 g/mol. The lowest BCUT2D eigenvalue weighted by atomic mass is 10.3. The monoisotopic (exact) mass is 365 g/mol. The average Bonchev–Trinajstić information content (AvgIpc) is 3.01. The van der Waals surface area contributed by atoms with Crippen molar-refractivity contribution in [3.05, 3.63) is 33.3 Å². The molecule has 2 aromatic heterocycles. The third kappa shape index (κ3) is 2.49. The number of fused-ring (bicyclic) bond motifs is 1. The second kappa shape index (κ2) is 5.12. The lowest BCUT2D eigenvalue weighted by Gasteiger charge is -2.08. The van der Waals surface area contributed by atoms with Crippen LogP contribution in [0.4, 0.5) is 5.69 Å². The van der Waals surface area contributed by atoms with Gasteiger partial charge in [-0.1, -0.05) is 34.5 Å². The number of aromatic nitrogens is 2. The van der Waals surface area contributed by atoms with Crippen molar-refractivity contribution in [2.75, 3.05) is 4.72 Å². The molecule has 2 heterocycles. The van der Waals surface area contributed by atoms with Gasteiger partial charge in [-0.3, -0.25) is 4.72 Å². The van der Waals surface area contributed by atoms with E-state index in [2.05, 4.69) is 14.7 Å². The quantitative estimate of drug-likeness (QED) is 0.764. The van der Waals surface area contributed by atoms with Crippen LogP contribution in [0, 0.1) is 0 Å². The largest absolute Gasteiger partial charge is 0.275 e. The van der Waals surface area contributed by atoms with Gasteiger partial charge in [0, 0.05) is 0 Å². The summed E-state index contributed by atoms with van der Waals surface area (Å²) in [5, 5.41) is 0.280. The number of hydrogen-bond donors (Lipinski definition) is 1. The van der Waals surface area contributed by atoms with Crippen LogP contribution in [0.3, 0.4) is 0 Å². The van der Waals surface area contributed by atoms with Gasteiger partial charge in [-0.05, 0) is 12.1 Å². The van der Waals surface area contributed by atoms with Crippen molar-refractivity contribution in [1.82, 2.24) is 9.97 Å². The Kier molecular flexibility index (Phi) is 3.59. The fraction of sp³-hybridized carbons (Fsp3) is 0. The Bertz CT molecular complexity index is 888. The van der Waals surface area contributed by atoms with Crippen LogP contribution in [0.15, 0.2) is 28.0 Å². The van der Waals surface area contributed by atoms with E-state index >= 15 is 0 Å². The molecule has 104 valence electrons. The zero-order valence-electron chi connectivity index (χ0n) is 9.50. The van der Waals surface area contributed by atoms with Gasteiger partial charge in [0.2, 0.25) is 0 Å². The fourth-order valence-corrected chi connectivity index (χ4v) is 4.87. The molecule has 0 aliphatic carbocycles. The van der Waals surface area contributed by atoms with Crippen molar-refractivity contribution in [3.63, 3.8) is 0 Å². The number of halogens is 2. The van der Waals surface area contributed by atoms with Crippen LogP contribution in [0.1, 0.15) is 0 Å². The van der Waals surface area contributed by atoms with Gasteiger partial charge in [0.05, 0.1) is 27.1 Å². The number of nitrogens with zero attached hydrogens (tertiary/aromatic N) is 2. The molecule has 0 spiro atoms. The van der Waals surface area contributed by atoms with Gasteiger partial charge in [-0.25, -0.2) is 18.4 Å². The van der Waals surface area contributed by atoms with Gasteiger partial charge < -0.3 is 0 Å². The molecule has 0 bridgehead atoms. The molecule has 0 saturated carbocycles. The van der Waals surface area contributed by atoms with Crippen molar-refractivity contribution in [2.45, 2.75) is 4.21 Å². The molecular formula is C10H5Cl2N3O2S3. The number of nitrogens with one attached hydrogen (secondary N) is 1. The van der Waals surface area contributed by atoms with E-state index in [1.54, 1.807) is 17.6 Å². The third-order valence-electron chi connectivity index (χ3n) is 2.41. The predicted octanol–water partition coefficient (Wildman–Crippen LogP) is 3.86. The number of rotatable bonds is 3. The molecule has 0 aliphatic heterocycles. The van der Waals surface area contributed by atoms with E-state index in [-0.39, 0.29) is 19.4 Å². The summed E-state index contributed by atoms with van der Waals surface area (Å²) >= 11 is 14.0. The van der Waals surface area contributed by atoms with Gasteiger partial charge in [0.15, 0.2) is 8.68 Å². The first-order valence-corrected chi connectivity index (χ1v) is 9.07. The van der Waals surface area contributed by atoms with Crippen molar-refractivity contribution < 1.29 is 8.42 Å². The van der Waals surface area contributed by atoms with E-state index in [1.165, 1.54) is 17.5 Å². The first-order chi connectivity index (χ1) is 9.47. The van der Waals surface area contributed by atoms with Crippen molar-refractivity contribution in [2.24, 2.45) is 0 Å². The highest BCUT2D eigenvalue weighted by Crippen LogP contribution is 2.34. The number of thiazole rings is 2. The molecule has 0 fully saturated rings. The summed E-state index contributed by atoms with van der Waals surface area (Å²) in [4.78, 5) is 7.85. The summed E-state index contributed by atoms with van der Waals surface area (Å²) in [5.41, 5.74) is 2.40. The number of sulfonamides is 1. The van der Waals surface area contributed by atoms with E-state index in [4.69, 9.17) is 23.2 Å². The van der Waals surface area contributed by atoms with Gasteiger partial charge in [-0.15, -0.1) is 11.3 Å². The Morgan fingerprint density at radius 1 is 1.20 bits per heavy atom. The molecule has 3 aromatic rings. The van der Waals surface area contributed by atoms with Crippen LogP contribution >= 0.6 is 45.9 Å². The van der Waals surface area contributed by atoms with Crippen LogP contribution in [0.2, 0.25) is 9.49 Å². The minimum absolute atomic E-state index is 0.0193. The summed E-state index contributed by atoms with van der Waals surface area (Å²) < 4.78 is 28.0. The van der Waals surface area contributed by atoms with Gasteiger partial charge in [0.1, 0.15) is 5.52 Å². The first kappa shape index (κ1) is 14.0. The second-order valence-electron chi connectivity index (χ2n) is 3.66. The molecule has 10 heteroatoms. The summed E-state index contributed by atoms with van der Waals surface area (Å²) in [6, 6.07) is 3.41. The molecule has 0 saturated heterocycles. The molecule has 1 aromatic carbocycles. The normalized spacial score (nSPS) is 11.9. The highest BCUT2D eigenvalue weighted by molar-refractivity contribution is 7.94. The zero-order valence-corrected chi connectivity index (χ0v) is 13.5. The summed E-state index contributed by atoms with van der Waals surface area (Å²) in [5.74, 6) is 0. The Hall–Kier alpha value is -0.930. The van der Waals surface area contributed by atoms with Crippen LogP contribution in [0.5, 0.6) is 0 Å². The molecule has 0 amide bonds. The molecule has 0 radical (unpaired) electrons. The maximum Gasteiger partial charge on any atom is 0.273 e. The topological polar surface area (TPSA) is 72.0 Å². The molecular weight excluding hydrogens is 361 g/mol. The molecule has 0 unspecified atom stereocenters. The molecule has 3 rings (SSSR count). The molecule has 0 aliphatic rings. The standard InChI is InChI=1S/C10H5Cl2N3O2S3/c11-5-1-2-6-9(14-4-18-6)8(5)15-20(16,17)7-3-13-10(12)19-7/h1-4,15H. The molecule has 20 heavy (non-hydrogen) atoms. The first-order valence-electron chi connectivity index (χ1n) is 5.13. The predicted molar refractivity (Wildman–Crippen MR) is 82.6 cm³/mol. The SMILES string of the molecule is O=S(=O)(Nc1c(Cl)ccc2scnc12)c1cnc(Cl)s1. The van der Waals surface area contributed by atoms with E-state index in [0.717, 1.165) is 16.0 Å². The Morgan fingerprint density at radius 3 is 2.70 bits per heavy atom. The lowest BCUT2D eigenvalue weighted by molar-refractivity contribution is 0.603. The fourth-order valence-electron chi connectivity index (χ4n) is 1.55. The van der Waals surface area contributed by atoms with E-state index in [0.29, 0.717) is 5.52 Å². The van der Waals surface area contributed by atoms with Crippen LogP contribution in [-0.2, 0) is 10.0 Å². The summed E-state index contributed by atoms with van der Waals surface area (Å²) in [6.45, 7) is 0. The molecule has 0 atom stereocenters. The summed E-state index contributed by atoms with van der Waals surface area (Å²) in [7, 11) is -3.78. The number of hydrogen-bond acceptors (Lipinski definition) is 6. The second-order valence-corrected chi connectivity index (χ2v) is 8.47. The molecule has 5 nitrogen and oxygen atoms in total. The number of benzene rings is 1. The highest BCUT2D eigenvalue weighted by atomic mass is 35.5. The maximum absolute atomic E-state index is 12.3. The maximum atomic E-state index is 12.3. The third-order valence-corrected chi connectivity index (χ3v) is 6.44. The number of anilines is 1. The van der Waals surface area contributed by atoms with Gasteiger partial charge >= 0.3 is 0 Å². The minimum Gasteiger partial charge on any atom is -0.275 e. The minimum atomic E-state index is -3.78. The van der Waals surface area contributed by atoms with Crippen molar-refractivity contribution >= 4 is 71.8 Å². The highest BCUT2D eigenvalue weighted by Gasteiger charge is 2.21.